The van der Waals surface area contributed by atoms with Gasteiger partial charge in [-0.1, -0.05) is 6.92 Å². The van der Waals surface area contributed by atoms with Crippen LogP contribution in [0.5, 0.6) is 0 Å². The number of furan rings is 1. The van der Waals surface area contributed by atoms with Gasteiger partial charge in [-0.05, 0) is 49.1 Å². The second-order valence-electron chi connectivity index (χ2n) is 8.19. The van der Waals surface area contributed by atoms with E-state index in [1.807, 2.05) is 13.1 Å². The van der Waals surface area contributed by atoms with Gasteiger partial charge in [0.2, 0.25) is 0 Å². The number of halogens is 1. The zero-order valence-electron chi connectivity index (χ0n) is 18.2. The van der Waals surface area contributed by atoms with Crippen molar-refractivity contribution in [1.29, 1.82) is 0 Å². The van der Waals surface area contributed by atoms with E-state index in [0.29, 0.717) is 12.2 Å². The van der Waals surface area contributed by atoms with Gasteiger partial charge in [-0.2, -0.15) is 5.10 Å². The monoisotopic (exact) mass is 466 g/mol. The SMILES string of the molecule is CC[C@H](NC(=C1CC1)c1cncc2c1cnn2-c1ccc(F)cc1)c1cc(S(C)(=O)=O)co1. The van der Waals surface area contributed by atoms with Crippen molar-refractivity contribution in [1.82, 2.24) is 20.1 Å². The number of aromatic nitrogens is 3. The highest BCUT2D eigenvalue weighted by Crippen LogP contribution is 2.39. The predicted molar refractivity (Wildman–Crippen MR) is 123 cm³/mol. The van der Waals surface area contributed by atoms with Gasteiger partial charge < -0.3 is 9.73 Å². The minimum Gasteiger partial charge on any atom is -0.466 e. The summed E-state index contributed by atoms with van der Waals surface area (Å²) in [5, 5.41) is 9.02. The summed E-state index contributed by atoms with van der Waals surface area (Å²) in [4.78, 5) is 4.62. The highest BCUT2D eigenvalue weighted by Gasteiger charge is 2.26. The van der Waals surface area contributed by atoms with Crippen LogP contribution >= 0.6 is 0 Å². The van der Waals surface area contributed by atoms with Crippen LogP contribution in [0.25, 0.3) is 22.3 Å². The van der Waals surface area contributed by atoms with Crippen molar-refractivity contribution >= 4 is 26.4 Å². The van der Waals surface area contributed by atoms with Crippen LogP contribution in [0.1, 0.15) is 43.6 Å². The molecule has 4 aromatic rings. The summed E-state index contributed by atoms with van der Waals surface area (Å²) in [7, 11) is -3.34. The topological polar surface area (TPSA) is 90.0 Å². The lowest BCUT2D eigenvalue weighted by molar-refractivity contribution is 0.434. The molecule has 0 unspecified atom stereocenters. The van der Waals surface area contributed by atoms with E-state index in [9.17, 15) is 12.8 Å². The summed E-state index contributed by atoms with van der Waals surface area (Å²) >= 11 is 0. The normalized spacial score (nSPS) is 14.5. The molecule has 170 valence electrons. The Hall–Kier alpha value is -3.46. The van der Waals surface area contributed by atoms with Crippen LogP contribution in [-0.2, 0) is 9.84 Å². The Morgan fingerprint density at radius 2 is 1.97 bits per heavy atom. The van der Waals surface area contributed by atoms with Gasteiger partial charge in [-0.15, -0.1) is 0 Å². The molecule has 1 fully saturated rings. The largest absolute Gasteiger partial charge is 0.466 e. The summed E-state index contributed by atoms with van der Waals surface area (Å²) in [5.41, 5.74) is 4.71. The molecule has 0 aliphatic heterocycles. The van der Waals surface area contributed by atoms with Crippen molar-refractivity contribution < 1.29 is 17.2 Å². The van der Waals surface area contributed by atoms with E-state index < -0.39 is 9.84 Å². The molecule has 1 atom stereocenters. The minimum atomic E-state index is -3.34. The Labute approximate surface area is 190 Å². The summed E-state index contributed by atoms with van der Waals surface area (Å²) in [5.74, 6) is 0.264. The number of nitrogens with one attached hydrogen (secondary N) is 1. The first kappa shape index (κ1) is 21.4. The van der Waals surface area contributed by atoms with E-state index in [1.54, 1.807) is 35.3 Å². The van der Waals surface area contributed by atoms with Gasteiger partial charge in [0.15, 0.2) is 9.84 Å². The molecular formula is C24H23FN4O3S. The van der Waals surface area contributed by atoms with E-state index in [0.717, 1.165) is 40.7 Å². The molecule has 1 N–H and O–H groups in total. The molecule has 33 heavy (non-hydrogen) atoms. The summed E-state index contributed by atoms with van der Waals surface area (Å²) in [6.45, 7) is 2.01. The number of pyridine rings is 1. The molecule has 1 aliphatic carbocycles. The second-order valence-corrected chi connectivity index (χ2v) is 10.2. The molecule has 9 heteroatoms. The number of hydrogen-bond acceptors (Lipinski definition) is 6. The second kappa shape index (κ2) is 8.15. The highest BCUT2D eigenvalue weighted by atomic mass is 32.2. The van der Waals surface area contributed by atoms with Gasteiger partial charge in [0.05, 0.1) is 29.6 Å². The fraction of sp³-hybridized carbons (Fsp3) is 0.250. The lowest BCUT2D eigenvalue weighted by Crippen LogP contribution is -2.19. The van der Waals surface area contributed by atoms with E-state index >= 15 is 0 Å². The van der Waals surface area contributed by atoms with Crippen molar-refractivity contribution in [2.45, 2.75) is 37.1 Å². The molecular weight excluding hydrogens is 443 g/mol. The molecule has 1 aromatic carbocycles. The first-order chi connectivity index (χ1) is 15.8. The van der Waals surface area contributed by atoms with Crippen LogP contribution < -0.4 is 5.32 Å². The van der Waals surface area contributed by atoms with Crippen LogP contribution in [0.2, 0.25) is 0 Å². The maximum absolute atomic E-state index is 13.4. The summed E-state index contributed by atoms with van der Waals surface area (Å²) in [6, 6.07) is 7.54. The Kier molecular flexibility index (Phi) is 5.28. The number of fused-ring (bicyclic) bond motifs is 1. The van der Waals surface area contributed by atoms with Gasteiger partial charge in [0.1, 0.15) is 22.7 Å². The Morgan fingerprint density at radius 1 is 1.21 bits per heavy atom. The molecule has 7 nitrogen and oxygen atoms in total. The zero-order chi connectivity index (χ0) is 23.2. The standard InChI is InChI=1S/C24H23FN4O3S/c1-3-21(23-10-18(14-32-23)33(2,30)31)28-24(15-4-5-15)20-11-26-13-22-19(20)12-27-29(22)17-8-6-16(25)7-9-17/h6-14,21,28H,3-5H2,1-2H3/t21-/m0/s1. The Morgan fingerprint density at radius 3 is 2.61 bits per heavy atom. The molecule has 0 bridgehead atoms. The molecule has 0 spiro atoms. The van der Waals surface area contributed by atoms with E-state index in [4.69, 9.17) is 4.42 Å². The quantitative estimate of drug-likeness (QED) is 0.421. The number of benzene rings is 1. The van der Waals surface area contributed by atoms with Crippen molar-refractivity contribution in [3.63, 3.8) is 0 Å². The van der Waals surface area contributed by atoms with Crippen molar-refractivity contribution in [3.8, 4) is 5.69 Å². The van der Waals surface area contributed by atoms with Crippen LogP contribution in [-0.4, -0.2) is 29.4 Å². The number of sulfone groups is 1. The molecule has 0 amide bonds. The summed E-state index contributed by atoms with van der Waals surface area (Å²) in [6.07, 6.45) is 10.5. The van der Waals surface area contributed by atoms with Crippen molar-refractivity contribution in [3.05, 3.63) is 77.9 Å². The highest BCUT2D eigenvalue weighted by molar-refractivity contribution is 7.90. The third-order valence-corrected chi connectivity index (χ3v) is 6.86. The maximum Gasteiger partial charge on any atom is 0.178 e. The van der Waals surface area contributed by atoms with E-state index in [1.165, 1.54) is 30.2 Å². The molecule has 3 aromatic heterocycles. The van der Waals surface area contributed by atoms with E-state index in [-0.39, 0.29) is 16.8 Å². The van der Waals surface area contributed by atoms with Crippen LogP contribution in [0, 0.1) is 5.82 Å². The van der Waals surface area contributed by atoms with Gasteiger partial charge in [0, 0.05) is 35.2 Å². The van der Waals surface area contributed by atoms with Crippen LogP contribution in [0.4, 0.5) is 4.39 Å². The maximum atomic E-state index is 13.4. The molecule has 3 heterocycles. The fourth-order valence-electron chi connectivity index (χ4n) is 3.87. The molecule has 1 saturated carbocycles. The Balaban J connectivity index is 1.53. The lowest BCUT2D eigenvalue weighted by Gasteiger charge is -2.19. The lowest BCUT2D eigenvalue weighted by atomic mass is 10.1. The van der Waals surface area contributed by atoms with Gasteiger partial charge in [-0.3, -0.25) is 4.98 Å². The van der Waals surface area contributed by atoms with Crippen molar-refractivity contribution in [2.24, 2.45) is 0 Å². The van der Waals surface area contributed by atoms with Gasteiger partial charge in [0.25, 0.3) is 0 Å². The van der Waals surface area contributed by atoms with E-state index in [2.05, 4.69) is 15.4 Å². The average molecular weight is 467 g/mol. The number of rotatable bonds is 7. The third kappa shape index (κ3) is 4.16. The van der Waals surface area contributed by atoms with Crippen molar-refractivity contribution in [2.75, 3.05) is 6.26 Å². The Bertz CT molecular complexity index is 1460. The molecule has 1 aliphatic rings. The number of allylic oxidation sites excluding steroid dienone is 1. The average Bonchev–Trinajstić information content (AvgIpc) is 3.32. The smallest absolute Gasteiger partial charge is 0.178 e. The predicted octanol–water partition coefficient (Wildman–Crippen LogP) is 4.80. The molecule has 5 rings (SSSR count). The van der Waals surface area contributed by atoms with Crippen LogP contribution in [0.15, 0.2) is 70.1 Å². The molecule has 0 saturated heterocycles. The number of nitrogens with zero attached hydrogens (tertiary/aromatic N) is 3. The fourth-order valence-corrected chi connectivity index (χ4v) is 4.42. The minimum absolute atomic E-state index is 0.169. The molecule has 0 radical (unpaired) electrons. The number of hydrogen-bond donors (Lipinski definition) is 1. The zero-order valence-corrected chi connectivity index (χ0v) is 19.1. The van der Waals surface area contributed by atoms with Gasteiger partial charge >= 0.3 is 0 Å². The third-order valence-electron chi connectivity index (χ3n) is 5.79. The van der Waals surface area contributed by atoms with Gasteiger partial charge in [-0.25, -0.2) is 17.5 Å². The first-order valence-electron chi connectivity index (χ1n) is 10.7. The summed E-state index contributed by atoms with van der Waals surface area (Å²) < 4.78 is 44.5. The van der Waals surface area contributed by atoms with Crippen LogP contribution in [0.3, 0.4) is 0 Å². The first-order valence-corrected chi connectivity index (χ1v) is 12.6.